The fourth-order valence-corrected chi connectivity index (χ4v) is 5.20. The Kier molecular flexibility index (Phi) is 7.19. The van der Waals surface area contributed by atoms with E-state index in [0.717, 1.165) is 10.00 Å². The summed E-state index contributed by atoms with van der Waals surface area (Å²) in [5.74, 6) is 0.0337. The van der Waals surface area contributed by atoms with Crippen molar-refractivity contribution >= 4 is 21.6 Å². The van der Waals surface area contributed by atoms with Gasteiger partial charge in [0.15, 0.2) is 0 Å². The first kappa shape index (κ1) is 23.3. The summed E-state index contributed by atoms with van der Waals surface area (Å²) in [5, 5.41) is 0. The highest BCUT2D eigenvalue weighted by atomic mass is 32.2. The zero-order chi connectivity index (χ0) is 23.3. The van der Waals surface area contributed by atoms with Crippen molar-refractivity contribution in [3.8, 4) is 5.88 Å². The van der Waals surface area contributed by atoms with Crippen molar-refractivity contribution < 1.29 is 17.9 Å². The third kappa shape index (κ3) is 4.77. The van der Waals surface area contributed by atoms with Gasteiger partial charge in [0.1, 0.15) is 6.54 Å². The van der Waals surface area contributed by atoms with Crippen LogP contribution in [0.25, 0.3) is 0 Å². The van der Waals surface area contributed by atoms with Gasteiger partial charge in [0.05, 0.1) is 29.9 Å². The number of aromatic amines is 1. The number of aryl methyl sites for hydroxylation is 1. The minimum Gasteiger partial charge on any atom is -0.481 e. The molecule has 0 aliphatic rings. The lowest BCUT2D eigenvalue weighted by Crippen LogP contribution is -2.44. The Bertz CT molecular complexity index is 1150. The van der Waals surface area contributed by atoms with Crippen molar-refractivity contribution in [1.82, 2.24) is 14.9 Å². The summed E-state index contributed by atoms with van der Waals surface area (Å²) in [4.78, 5) is 22.4. The molecular formula is C23H28N4O4S. The molecule has 8 nitrogen and oxygen atoms in total. The molecule has 0 radical (unpaired) electrons. The van der Waals surface area contributed by atoms with Crippen LogP contribution in [0.4, 0.5) is 5.69 Å². The standard InChI is InChI=1S/C23H28N4O4S/c1-5-26(18(3)20-10-8-14-24-20)23(28)16-27(19-12-13-22(31-4)25-15-19)32(29,30)21-11-7-6-9-17(21)2/h6-15,18,24H,5,16H2,1-4H3. The van der Waals surface area contributed by atoms with E-state index in [2.05, 4.69) is 9.97 Å². The number of likely N-dealkylation sites (N-methyl/N-ethyl adjacent to an activating group) is 1. The number of carbonyl (C=O) groups excluding carboxylic acids is 1. The molecule has 2 aromatic heterocycles. The van der Waals surface area contributed by atoms with Crippen LogP contribution in [0, 0.1) is 6.92 Å². The van der Waals surface area contributed by atoms with Crippen molar-refractivity contribution in [1.29, 1.82) is 0 Å². The number of benzene rings is 1. The lowest BCUT2D eigenvalue weighted by atomic mass is 10.2. The number of hydrogen-bond acceptors (Lipinski definition) is 5. The molecule has 1 amide bonds. The molecular weight excluding hydrogens is 428 g/mol. The summed E-state index contributed by atoms with van der Waals surface area (Å²) in [6, 6.07) is 13.4. The fraction of sp³-hybridized carbons (Fsp3) is 0.304. The van der Waals surface area contributed by atoms with Crippen molar-refractivity contribution in [2.24, 2.45) is 0 Å². The molecule has 1 N–H and O–H groups in total. The van der Waals surface area contributed by atoms with Gasteiger partial charge in [0.25, 0.3) is 10.0 Å². The molecule has 0 saturated carbocycles. The maximum atomic E-state index is 13.6. The summed E-state index contributed by atoms with van der Waals surface area (Å²) in [7, 11) is -2.54. The largest absolute Gasteiger partial charge is 0.481 e. The first-order valence-electron chi connectivity index (χ1n) is 10.3. The topological polar surface area (TPSA) is 95.6 Å². The van der Waals surface area contributed by atoms with Gasteiger partial charge in [0.2, 0.25) is 11.8 Å². The van der Waals surface area contributed by atoms with E-state index in [1.54, 1.807) is 48.4 Å². The number of anilines is 1. The minimum absolute atomic E-state index is 0.143. The van der Waals surface area contributed by atoms with E-state index < -0.39 is 10.0 Å². The number of pyridine rings is 1. The van der Waals surface area contributed by atoms with Gasteiger partial charge in [0, 0.05) is 24.5 Å². The second-order valence-corrected chi connectivity index (χ2v) is 9.15. The van der Waals surface area contributed by atoms with Gasteiger partial charge in [-0.05, 0) is 50.6 Å². The van der Waals surface area contributed by atoms with Crippen LogP contribution < -0.4 is 9.04 Å². The number of methoxy groups -OCH3 is 1. The molecule has 0 bridgehead atoms. The highest BCUT2D eigenvalue weighted by molar-refractivity contribution is 7.93. The van der Waals surface area contributed by atoms with Crippen molar-refractivity contribution in [3.63, 3.8) is 0 Å². The van der Waals surface area contributed by atoms with E-state index in [-0.39, 0.29) is 29.1 Å². The molecule has 1 unspecified atom stereocenters. The van der Waals surface area contributed by atoms with E-state index in [1.807, 2.05) is 26.0 Å². The molecule has 0 aliphatic carbocycles. The molecule has 3 aromatic rings. The van der Waals surface area contributed by atoms with Crippen LogP contribution in [0.2, 0.25) is 0 Å². The number of hydrogen-bond donors (Lipinski definition) is 1. The number of H-pyrrole nitrogens is 1. The van der Waals surface area contributed by atoms with Crippen LogP contribution in [0.3, 0.4) is 0 Å². The second kappa shape index (κ2) is 9.86. The number of nitrogens with one attached hydrogen (secondary N) is 1. The van der Waals surface area contributed by atoms with Gasteiger partial charge < -0.3 is 14.6 Å². The van der Waals surface area contributed by atoms with Gasteiger partial charge in [-0.3, -0.25) is 9.10 Å². The third-order valence-electron chi connectivity index (χ3n) is 5.36. The van der Waals surface area contributed by atoms with Gasteiger partial charge in [-0.1, -0.05) is 18.2 Å². The van der Waals surface area contributed by atoms with Crippen LogP contribution in [-0.2, 0) is 14.8 Å². The third-order valence-corrected chi connectivity index (χ3v) is 7.29. The molecule has 0 saturated heterocycles. The molecule has 0 fully saturated rings. The van der Waals surface area contributed by atoms with Crippen LogP contribution in [0.1, 0.15) is 31.1 Å². The van der Waals surface area contributed by atoms with E-state index in [1.165, 1.54) is 19.4 Å². The van der Waals surface area contributed by atoms with Crippen molar-refractivity contribution in [3.05, 3.63) is 72.2 Å². The Morgan fingerprint density at radius 1 is 1.16 bits per heavy atom. The van der Waals surface area contributed by atoms with E-state index in [9.17, 15) is 13.2 Å². The average Bonchev–Trinajstić information content (AvgIpc) is 3.33. The number of carbonyl (C=O) groups is 1. The first-order chi connectivity index (χ1) is 15.3. The number of rotatable bonds is 9. The SMILES string of the molecule is CCN(C(=O)CN(c1ccc(OC)nc1)S(=O)(=O)c1ccccc1C)C(C)c1ccc[nH]1. The zero-order valence-electron chi connectivity index (χ0n) is 18.6. The molecule has 0 aliphatic heterocycles. The maximum Gasteiger partial charge on any atom is 0.265 e. The van der Waals surface area contributed by atoms with Crippen LogP contribution in [0.5, 0.6) is 5.88 Å². The quantitative estimate of drug-likeness (QED) is 0.531. The van der Waals surface area contributed by atoms with Gasteiger partial charge in [-0.15, -0.1) is 0 Å². The maximum absolute atomic E-state index is 13.6. The van der Waals surface area contributed by atoms with Crippen LogP contribution in [0.15, 0.2) is 65.8 Å². The Balaban J connectivity index is 2.00. The van der Waals surface area contributed by atoms with E-state index >= 15 is 0 Å². The lowest BCUT2D eigenvalue weighted by Gasteiger charge is -2.31. The fourth-order valence-electron chi connectivity index (χ4n) is 3.57. The Labute approximate surface area is 188 Å². The summed E-state index contributed by atoms with van der Waals surface area (Å²) in [5.41, 5.74) is 1.75. The molecule has 1 aromatic carbocycles. The number of aromatic nitrogens is 2. The molecule has 170 valence electrons. The van der Waals surface area contributed by atoms with Crippen LogP contribution >= 0.6 is 0 Å². The molecule has 0 spiro atoms. The van der Waals surface area contributed by atoms with E-state index in [4.69, 9.17) is 4.74 Å². The second-order valence-electron chi connectivity index (χ2n) is 7.32. The van der Waals surface area contributed by atoms with Gasteiger partial charge in [-0.2, -0.15) is 0 Å². The predicted molar refractivity (Wildman–Crippen MR) is 123 cm³/mol. The van der Waals surface area contributed by atoms with Crippen molar-refractivity contribution in [2.75, 3.05) is 24.5 Å². The van der Waals surface area contributed by atoms with Crippen LogP contribution in [-0.4, -0.2) is 49.4 Å². The number of nitrogens with zero attached hydrogens (tertiary/aromatic N) is 3. The lowest BCUT2D eigenvalue weighted by molar-refractivity contribution is -0.131. The summed E-state index contributed by atoms with van der Waals surface area (Å²) >= 11 is 0. The number of sulfonamides is 1. The summed E-state index contributed by atoms with van der Waals surface area (Å²) < 4.78 is 33.5. The highest BCUT2D eigenvalue weighted by Crippen LogP contribution is 2.27. The monoisotopic (exact) mass is 456 g/mol. The number of amides is 1. The normalized spacial score (nSPS) is 12.2. The molecule has 32 heavy (non-hydrogen) atoms. The Morgan fingerprint density at radius 2 is 1.91 bits per heavy atom. The summed E-state index contributed by atoms with van der Waals surface area (Å²) in [6.45, 7) is 5.57. The first-order valence-corrected chi connectivity index (χ1v) is 11.7. The Morgan fingerprint density at radius 3 is 2.47 bits per heavy atom. The predicted octanol–water partition coefficient (Wildman–Crippen LogP) is 3.53. The zero-order valence-corrected chi connectivity index (χ0v) is 19.5. The summed E-state index contributed by atoms with van der Waals surface area (Å²) in [6.07, 6.45) is 3.19. The molecule has 2 heterocycles. The minimum atomic E-state index is -4.02. The average molecular weight is 457 g/mol. The van der Waals surface area contributed by atoms with Gasteiger partial charge in [-0.25, -0.2) is 13.4 Å². The number of ether oxygens (including phenoxy) is 1. The smallest absolute Gasteiger partial charge is 0.265 e. The molecule has 9 heteroatoms. The Hall–Kier alpha value is -3.33. The van der Waals surface area contributed by atoms with E-state index in [0.29, 0.717) is 18.0 Å². The van der Waals surface area contributed by atoms with Crippen molar-refractivity contribution in [2.45, 2.75) is 31.7 Å². The molecule has 3 rings (SSSR count). The van der Waals surface area contributed by atoms with Gasteiger partial charge >= 0.3 is 0 Å². The molecule has 1 atom stereocenters. The highest BCUT2D eigenvalue weighted by Gasteiger charge is 2.31.